The Morgan fingerprint density at radius 3 is 2.59 bits per heavy atom. The van der Waals surface area contributed by atoms with Gasteiger partial charge in [0.05, 0.1) is 39.2 Å². The summed E-state index contributed by atoms with van der Waals surface area (Å²) in [6, 6.07) is 12.6. The molecule has 37 heavy (non-hydrogen) atoms. The van der Waals surface area contributed by atoms with Gasteiger partial charge in [0.15, 0.2) is 0 Å². The molecule has 0 radical (unpaired) electrons. The Labute approximate surface area is 212 Å². The molecule has 4 aromatic rings. The van der Waals surface area contributed by atoms with Crippen LogP contribution in [0.3, 0.4) is 0 Å². The largest absolute Gasteiger partial charge is 0.496 e. The van der Waals surface area contributed by atoms with E-state index in [1.165, 1.54) is 37.4 Å². The Hall–Kier alpha value is -3.96. The van der Waals surface area contributed by atoms with Gasteiger partial charge in [-0.3, -0.25) is 9.89 Å². The molecule has 0 bridgehead atoms. The first-order chi connectivity index (χ1) is 17.8. The highest BCUT2D eigenvalue weighted by molar-refractivity contribution is 7.91. The van der Waals surface area contributed by atoms with Gasteiger partial charge in [0, 0.05) is 24.6 Å². The van der Waals surface area contributed by atoms with Crippen LogP contribution in [-0.2, 0) is 14.6 Å². The smallest absolute Gasteiger partial charge is 0.250 e. The van der Waals surface area contributed by atoms with Gasteiger partial charge in [0.1, 0.15) is 17.3 Å². The van der Waals surface area contributed by atoms with Crippen LogP contribution in [0.4, 0.5) is 10.1 Å². The lowest BCUT2D eigenvalue weighted by Gasteiger charge is -2.27. The minimum atomic E-state index is -4.02. The number of nitrogens with two attached hydrogens (primary N) is 1. The number of primary amides is 1. The summed E-state index contributed by atoms with van der Waals surface area (Å²) in [4.78, 5) is 12.2. The van der Waals surface area contributed by atoms with Crippen molar-refractivity contribution in [1.82, 2.24) is 10.2 Å². The predicted octanol–water partition coefficient (Wildman–Crippen LogP) is 3.90. The highest BCUT2D eigenvalue weighted by Gasteiger charge is 2.26. The first-order valence-corrected chi connectivity index (χ1v) is 13.1. The first-order valence-electron chi connectivity index (χ1n) is 11.6. The molecular formula is C26H25FN4O5S. The van der Waals surface area contributed by atoms with Crippen LogP contribution in [0.25, 0.3) is 22.2 Å². The summed E-state index contributed by atoms with van der Waals surface area (Å²) in [6.45, 7) is 1.16. The number of anilines is 1. The molecule has 3 aromatic carbocycles. The number of nitrogens with one attached hydrogen (secondary N) is 2. The molecule has 5 rings (SSSR count). The fourth-order valence-corrected chi connectivity index (χ4v) is 5.83. The molecule has 0 saturated carbocycles. The molecule has 1 fully saturated rings. The second-order valence-corrected chi connectivity index (χ2v) is 10.7. The van der Waals surface area contributed by atoms with Crippen molar-refractivity contribution < 1.29 is 27.1 Å². The number of aromatic nitrogens is 2. The van der Waals surface area contributed by atoms with Crippen molar-refractivity contribution in [3.63, 3.8) is 0 Å². The van der Waals surface area contributed by atoms with Gasteiger partial charge in [-0.15, -0.1) is 0 Å². The van der Waals surface area contributed by atoms with Crippen LogP contribution in [0.2, 0.25) is 0 Å². The average molecular weight is 525 g/mol. The van der Waals surface area contributed by atoms with Crippen LogP contribution in [0, 0.1) is 5.82 Å². The molecule has 1 aromatic heterocycles. The van der Waals surface area contributed by atoms with Gasteiger partial charge in [-0.1, -0.05) is 6.07 Å². The molecular weight excluding hydrogens is 499 g/mol. The Morgan fingerprint density at radius 2 is 1.89 bits per heavy atom. The van der Waals surface area contributed by atoms with Crippen LogP contribution in [0.5, 0.6) is 5.75 Å². The number of carbonyl (C=O) groups is 1. The molecule has 9 nitrogen and oxygen atoms in total. The lowest BCUT2D eigenvalue weighted by molar-refractivity contribution is 0.0904. The molecule has 192 valence electrons. The fraction of sp³-hybridized carbons (Fsp3) is 0.231. The maximum atomic E-state index is 13.8. The van der Waals surface area contributed by atoms with E-state index in [4.69, 9.17) is 15.2 Å². The molecule has 1 aliphatic rings. The molecule has 0 aliphatic carbocycles. The number of ether oxygens (including phenoxy) is 2. The van der Waals surface area contributed by atoms with E-state index in [2.05, 4.69) is 15.5 Å². The SMILES string of the molecule is COc1ccc(C(N)=O)c(NC2CCOCC2)c1-c1n[nH]c2ccc(S(=O)(=O)c3cccc(F)c3)cc12. The maximum Gasteiger partial charge on any atom is 0.250 e. The second kappa shape index (κ2) is 9.83. The third-order valence-electron chi connectivity index (χ3n) is 6.41. The third-order valence-corrected chi connectivity index (χ3v) is 8.16. The third kappa shape index (κ3) is 4.63. The summed E-state index contributed by atoms with van der Waals surface area (Å²) in [7, 11) is -2.52. The zero-order chi connectivity index (χ0) is 26.2. The fourth-order valence-electron chi connectivity index (χ4n) is 4.51. The van der Waals surface area contributed by atoms with Crippen LogP contribution in [0.1, 0.15) is 23.2 Å². The monoisotopic (exact) mass is 524 g/mol. The molecule has 0 spiro atoms. The molecule has 4 N–H and O–H groups in total. The van der Waals surface area contributed by atoms with E-state index in [0.29, 0.717) is 46.8 Å². The van der Waals surface area contributed by atoms with E-state index >= 15 is 0 Å². The number of hydrogen-bond donors (Lipinski definition) is 3. The molecule has 1 amide bonds. The number of methoxy groups -OCH3 is 1. The van der Waals surface area contributed by atoms with E-state index in [0.717, 1.165) is 18.9 Å². The van der Waals surface area contributed by atoms with Gasteiger partial charge >= 0.3 is 0 Å². The van der Waals surface area contributed by atoms with Crippen molar-refractivity contribution in [2.45, 2.75) is 28.7 Å². The summed E-state index contributed by atoms with van der Waals surface area (Å²) in [5.41, 5.74) is 7.83. The van der Waals surface area contributed by atoms with E-state index in [1.54, 1.807) is 18.2 Å². The van der Waals surface area contributed by atoms with Crippen LogP contribution < -0.4 is 15.8 Å². The summed E-state index contributed by atoms with van der Waals surface area (Å²) < 4.78 is 51.4. The number of hydrogen-bond acceptors (Lipinski definition) is 7. The number of rotatable bonds is 7. The number of fused-ring (bicyclic) bond motifs is 1. The number of nitrogens with zero attached hydrogens (tertiary/aromatic N) is 1. The number of carbonyl (C=O) groups excluding carboxylic acids is 1. The molecule has 1 aliphatic heterocycles. The minimum absolute atomic E-state index is 0.0202. The zero-order valence-electron chi connectivity index (χ0n) is 20.0. The molecule has 0 unspecified atom stereocenters. The Bertz CT molecular complexity index is 1600. The van der Waals surface area contributed by atoms with Crippen molar-refractivity contribution in [3.8, 4) is 17.0 Å². The van der Waals surface area contributed by atoms with Crippen molar-refractivity contribution in [2.75, 3.05) is 25.6 Å². The lowest BCUT2D eigenvalue weighted by Crippen LogP contribution is -2.29. The van der Waals surface area contributed by atoms with Crippen LogP contribution in [0.15, 0.2) is 64.4 Å². The summed E-state index contributed by atoms with van der Waals surface area (Å²) in [6.07, 6.45) is 1.46. The highest BCUT2D eigenvalue weighted by atomic mass is 32.2. The Balaban J connectivity index is 1.70. The lowest BCUT2D eigenvalue weighted by atomic mass is 9.98. The summed E-state index contributed by atoms with van der Waals surface area (Å²) >= 11 is 0. The van der Waals surface area contributed by atoms with Gasteiger partial charge < -0.3 is 20.5 Å². The second-order valence-electron chi connectivity index (χ2n) is 8.70. The molecule has 0 atom stereocenters. The van der Waals surface area contributed by atoms with E-state index in [1.807, 2.05) is 0 Å². The van der Waals surface area contributed by atoms with Crippen molar-refractivity contribution in [1.29, 1.82) is 0 Å². The van der Waals surface area contributed by atoms with Gasteiger partial charge in [0.2, 0.25) is 9.84 Å². The molecule has 11 heteroatoms. The number of halogens is 1. The number of amides is 1. The number of sulfone groups is 1. The normalized spacial score (nSPS) is 14.5. The zero-order valence-corrected chi connectivity index (χ0v) is 20.8. The number of H-pyrrole nitrogens is 1. The van der Waals surface area contributed by atoms with Crippen molar-refractivity contribution in [3.05, 3.63) is 66.0 Å². The highest BCUT2D eigenvalue weighted by Crippen LogP contribution is 2.42. The van der Waals surface area contributed by atoms with E-state index < -0.39 is 21.6 Å². The molecule has 1 saturated heterocycles. The predicted molar refractivity (Wildman–Crippen MR) is 136 cm³/mol. The Morgan fingerprint density at radius 1 is 1.14 bits per heavy atom. The van der Waals surface area contributed by atoms with Crippen molar-refractivity contribution in [2.24, 2.45) is 5.73 Å². The quantitative estimate of drug-likeness (QED) is 0.334. The van der Waals surface area contributed by atoms with Gasteiger partial charge in [0.25, 0.3) is 5.91 Å². The number of aromatic amines is 1. The van der Waals surface area contributed by atoms with Gasteiger partial charge in [-0.25, -0.2) is 12.8 Å². The minimum Gasteiger partial charge on any atom is -0.496 e. The Kier molecular flexibility index (Phi) is 6.57. The standard InChI is InChI=1S/C26H25FN4O5S/c1-35-22-8-6-19(26(28)32)24(29-16-9-11-36-12-10-16)23(22)25-20-14-18(5-7-21(20)30-31-25)37(33,34)17-4-2-3-15(27)13-17/h2-8,13-14,16,29H,9-12H2,1H3,(H2,28,32)(H,30,31). The topological polar surface area (TPSA) is 136 Å². The van der Waals surface area contributed by atoms with Crippen molar-refractivity contribution >= 4 is 32.3 Å². The maximum absolute atomic E-state index is 13.8. The summed E-state index contributed by atoms with van der Waals surface area (Å²) in [5.74, 6) is -0.859. The average Bonchev–Trinajstić information content (AvgIpc) is 3.31. The van der Waals surface area contributed by atoms with E-state index in [9.17, 15) is 17.6 Å². The van der Waals surface area contributed by atoms with Gasteiger partial charge in [-0.05, 0) is 61.4 Å². The van der Waals surface area contributed by atoms with Gasteiger partial charge in [-0.2, -0.15) is 5.10 Å². The number of benzene rings is 3. The first kappa shape index (κ1) is 24.7. The van der Waals surface area contributed by atoms with Crippen LogP contribution in [-0.4, -0.2) is 50.9 Å². The summed E-state index contributed by atoms with van der Waals surface area (Å²) in [5, 5.41) is 11.3. The van der Waals surface area contributed by atoms with Crippen LogP contribution >= 0.6 is 0 Å². The molecule has 2 heterocycles. The van der Waals surface area contributed by atoms with E-state index in [-0.39, 0.29) is 21.4 Å².